The largest absolute Gasteiger partial charge is 0.380 e. The van der Waals surface area contributed by atoms with E-state index in [2.05, 4.69) is 0 Å². The van der Waals surface area contributed by atoms with Crippen LogP contribution in [0.1, 0.15) is 13.3 Å². The van der Waals surface area contributed by atoms with Crippen molar-refractivity contribution < 1.29 is 9.94 Å². The Balaban J connectivity index is 2.32. The van der Waals surface area contributed by atoms with Crippen molar-refractivity contribution in [3.8, 4) is 0 Å². The summed E-state index contributed by atoms with van der Waals surface area (Å²) < 4.78 is 5.13. The summed E-state index contributed by atoms with van der Waals surface area (Å²) in [6.45, 7) is 4.06. The molecule has 0 radical (unpaired) electrons. The first kappa shape index (κ1) is 6.99. The van der Waals surface area contributed by atoms with Crippen LogP contribution in [0.2, 0.25) is 0 Å². The lowest BCUT2D eigenvalue weighted by Crippen LogP contribution is -2.30. The Labute approximate surface area is 55.2 Å². The Bertz CT molecular complexity index is 77.1. The quantitative estimate of drug-likeness (QED) is 0.519. The molecule has 3 nitrogen and oxygen atoms in total. The van der Waals surface area contributed by atoms with E-state index in [0.29, 0.717) is 13.2 Å². The normalized spacial score (nSPS) is 32.0. The molecule has 0 aromatic carbocycles. The van der Waals surface area contributed by atoms with Gasteiger partial charge in [-0.05, 0) is 13.3 Å². The molecule has 54 valence electrons. The molecule has 1 heterocycles. The van der Waals surface area contributed by atoms with Crippen molar-refractivity contribution in [3.05, 3.63) is 0 Å². The lowest BCUT2D eigenvalue weighted by atomic mass is 10.2. The molecular formula is C6H13NO2. The molecule has 0 aromatic rings. The molecular weight excluding hydrogens is 118 g/mol. The van der Waals surface area contributed by atoms with Crippen molar-refractivity contribution in [2.75, 3.05) is 19.8 Å². The Hall–Kier alpha value is -0.120. The van der Waals surface area contributed by atoms with Gasteiger partial charge >= 0.3 is 0 Å². The Kier molecular flexibility index (Phi) is 2.45. The lowest BCUT2D eigenvalue weighted by Gasteiger charge is -2.17. The summed E-state index contributed by atoms with van der Waals surface area (Å²) in [7, 11) is 0. The average molecular weight is 131 g/mol. The molecule has 1 unspecified atom stereocenters. The average Bonchev–Trinajstić information content (AvgIpc) is 1.99. The molecule has 1 fully saturated rings. The molecule has 9 heavy (non-hydrogen) atoms. The predicted octanol–water partition coefficient (Wildman–Crippen LogP) is 0.486. The van der Waals surface area contributed by atoms with E-state index in [1.807, 2.05) is 6.92 Å². The van der Waals surface area contributed by atoms with Gasteiger partial charge in [0.15, 0.2) is 0 Å². The van der Waals surface area contributed by atoms with Crippen LogP contribution < -0.4 is 0 Å². The number of ether oxygens (including phenoxy) is 1. The zero-order valence-corrected chi connectivity index (χ0v) is 5.71. The van der Waals surface area contributed by atoms with Crippen LogP contribution in [0.3, 0.4) is 0 Å². The fourth-order valence-electron chi connectivity index (χ4n) is 0.883. The van der Waals surface area contributed by atoms with Crippen molar-refractivity contribution in [1.82, 2.24) is 5.06 Å². The van der Waals surface area contributed by atoms with E-state index < -0.39 is 0 Å². The summed E-state index contributed by atoms with van der Waals surface area (Å²) in [5.41, 5.74) is 0. The first-order valence-corrected chi connectivity index (χ1v) is 3.34. The fraction of sp³-hybridized carbons (Fsp3) is 1.00. The Morgan fingerprint density at radius 2 is 2.33 bits per heavy atom. The highest BCUT2D eigenvalue weighted by Gasteiger charge is 2.13. The van der Waals surface area contributed by atoms with Crippen molar-refractivity contribution in [2.45, 2.75) is 19.4 Å². The van der Waals surface area contributed by atoms with Gasteiger partial charge in [0.25, 0.3) is 0 Å². The van der Waals surface area contributed by atoms with Gasteiger partial charge in [-0.2, -0.15) is 5.06 Å². The molecule has 0 spiro atoms. The third-order valence-electron chi connectivity index (χ3n) is 1.65. The van der Waals surface area contributed by atoms with Crippen LogP contribution in [0.25, 0.3) is 0 Å². The van der Waals surface area contributed by atoms with E-state index in [4.69, 9.17) is 9.94 Å². The number of hydroxylamine groups is 2. The van der Waals surface area contributed by atoms with Gasteiger partial charge in [-0.3, -0.25) is 0 Å². The van der Waals surface area contributed by atoms with Crippen LogP contribution in [-0.4, -0.2) is 36.1 Å². The summed E-state index contributed by atoms with van der Waals surface area (Å²) >= 11 is 0. The van der Waals surface area contributed by atoms with Gasteiger partial charge in [0.1, 0.15) is 0 Å². The lowest BCUT2D eigenvalue weighted by molar-refractivity contribution is -0.119. The van der Waals surface area contributed by atoms with Crippen LogP contribution in [0, 0.1) is 0 Å². The minimum atomic E-state index is 0.257. The minimum Gasteiger partial charge on any atom is -0.380 e. The van der Waals surface area contributed by atoms with Gasteiger partial charge in [0.05, 0.1) is 6.61 Å². The molecule has 0 aromatic heterocycles. The van der Waals surface area contributed by atoms with Gasteiger partial charge < -0.3 is 9.94 Å². The van der Waals surface area contributed by atoms with Gasteiger partial charge in [-0.15, -0.1) is 0 Å². The van der Waals surface area contributed by atoms with E-state index in [9.17, 15) is 0 Å². The molecule has 1 aliphatic heterocycles. The van der Waals surface area contributed by atoms with Crippen molar-refractivity contribution in [2.24, 2.45) is 0 Å². The van der Waals surface area contributed by atoms with Crippen molar-refractivity contribution >= 4 is 0 Å². The zero-order chi connectivity index (χ0) is 6.69. The van der Waals surface area contributed by atoms with E-state index in [-0.39, 0.29) is 6.04 Å². The maximum atomic E-state index is 9.11. The molecule has 3 heteroatoms. The van der Waals surface area contributed by atoms with Crippen LogP contribution in [0.5, 0.6) is 0 Å². The van der Waals surface area contributed by atoms with E-state index in [1.54, 1.807) is 0 Å². The Morgan fingerprint density at radius 3 is 3.11 bits per heavy atom. The summed E-state index contributed by atoms with van der Waals surface area (Å²) in [5, 5.41) is 10.5. The smallest absolute Gasteiger partial charge is 0.0616 e. The second kappa shape index (κ2) is 3.15. The zero-order valence-electron chi connectivity index (χ0n) is 5.71. The highest BCUT2D eigenvalue weighted by molar-refractivity contribution is 4.61. The Morgan fingerprint density at radius 1 is 1.56 bits per heavy atom. The number of rotatable bonds is 0. The molecule has 0 saturated carbocycles. The van der Waals surface area contributed by atoms with Gasteiger partial charge in [0.2, 0.25) is 0 Å². The minimum absolute atomic E-state index is 0.257. The monoisotopic (exact) mass is 131 g/mol. The highest BCUT2D eigenvalue weighted by Crippen LogP contribution is 2.03. The van der Waals surface area contributed by atoms with E-state index in [0.717, 1.165) is 13.0 Å². The topological polar surface area (TPSA) is 32.7 Å². The first-order valence-electron chi connectivity index (χ1n) is 3.34. The summed E-state index contributed by atoms with van der Waals surface area (Å²) in [6.07, 6.45) is 0.927. The molecule has 0 bridgehead atoms. The molecule has 1 atom stereocenters. The summed E-state index contributed by atoms with van der Waals surface area (Å²) in [6, 6.07) is 0.257. The standard InChI is InChI=1S/C6H13NO2/c1-6-2-4-9-5-3-7(6)8/h6,8H,2-5H2,1H3. The second-order valence-corrected chi connectivity index (χ2v) is 2.41. The van der Waals surface area contributed by atoms with E-state index in [1.165, 1.54) is 5.06 Å². The third kappa shape index (κ3) is 1.93. The second-order valence-electron chi connectivity index (χ2n) is 2.41. The van der Waals surface area contributed by atoms with Gasteiger partial charge in [0, 0.05) is 19.2 Å². The van der Waals surface area contributed by atoms with Gasteiger partial charge in [-0.25, -0.2) is 0 Å². The van der Waals surface area contributed by atoms with Crippen LogP contribution in [0.4, 0.5) is 0 Å². The third-order valence-corrected chi connectivity index (χ3v) is 1.65. The van der Waals surface area contributed by atoms with Crippen molar-refractivity contribution in [3.63, 3.8) is 0 Å². The summed E-state index contributed by atoms with van der Waals surface area (Å²) in [5.74, 6) is 0. The van der Waals surface area contributed by atoms with E-state index >= 15 is 0 Å². The number of nitrogens with zero attached hydrogens (tertiary/aromatic N) is 1. The fourth-order valence-corrected chi connectivity index (χ4v) is 0.883. The van der Waals surface area contributed by atoms with Crippen LogP contribution >= 0.6 is 0 Å². The molecule has 1 saturated heterocycles. The molecule has 1 N–H and O–H groups in total. The SMILES string of the molecule is CC1CCOCCN1O. The summed E-state index contributed by atoms with van der Waals surface area (Å²) in [4.78, 5) is 0. The highest BCUT2D eigenvalue weighted by atomic mass is 16.5. The van der Waals surface area contributed by atoms with Gasteiger partial charge in [-0.1, -0.05) is 0 Å². The maximum Gasteiger partial charge on any atom is 0.0616 e. The van der Waals surface area contributed by atoms with Crippen molar-refractivity contribution in [1.29, 1.82) is 0 Å². The van der Waals surface area contributed by atoms with Crippen LogP contribution in [-0.2, 0) is 4.74 Å². The number of hydrogen-bond acceptors (Lipinski definition) is 3. The molecule has 0 aliphatic carbocycles. The molecule has 1 rings (SSSR count). The predicted molar refractivity (Wildman–Crippen MR) is 33.4 cm³/mol. The first-order chi connectivity index (χ1) is 4.30. The molecule has 1 aliphatic rings. The number of hydrogen-bond donors (Lipinski definition) is 1. The maximum absolute atomic E-state index is 9.11. The van der Waals surface area contributed by atoms with Crippen LogP contribution in [0.15, 0.2) is 0 Å². The molecule has 0 amide bonds.